The Hall–Kier alpha value is -2.79. The minimum Gasteiger partial charge on any atom is -0.289 e. The Bertz CT molecular complexity index is 992. The number of hydrogen-bond donors (Lipinski definition) is 0. The van der Waals surface area contributed by atoms with E-state index in [4.69, 9.17) is 0 Å². The zero-order valence-electron chi connectivity index (χ0n) is 15.7. The zero-order valence-corrected chi connectivity index (χ0v) is 16.6. The summed E-state index contributed by atoms with van der Waals surface area (Å²) in [6.07, 6.45) is -4.39. The van der Waals surface area contributed by atoms with Crippen molar-refractivity contribution < 1.29 is 18.0 Å². The smallest absolute Gasteiger partial charge is 0.289 e. The third-order valence-electron chi connectivity index (χ3n) is 4.52. The molecular formula is C24H19F3OS. The van der Waals surface area contributed by atoms with Gasteiger partial charge in [0.2, 0.25) is 0 Å². The number of rotatable bonds is 6. The van der Waals surface area contributed by atoms with E-state index in [1.807, 2.05) is 36.4 Å². The second-order valence-corrected chi connectivity index (χ2v) is 7.52. The van der Waals surface area contributed by atoms with Crippen LogP contribution in [0.15, 0.2) is 95.4 Å². The molecule has 0 aliphatic carbocycles. The normalized spacial score (nSPS) is 12.4. The quantitative estimate of drug-likeness (QED) is 0.243. The standard InChI is InChI=1S/C24H19F3OS/c1-17(23(28)19-8-4-2-5-9-19)22(16-29-21-10-6-3-7-11-21)18-12-14-20(15-13-18)24(25,26)27/h2-15H,16H2,1H3/b22-17-. The van der Waals surface area contributed by atoms with Gasteiger partial charge in [0.1, 0.15) is 0 Å². The van der Waals surface area contributed by atoms with Gasteiger partial charge in [0.15, 0.2) is 5.78 Å². The van der Waals surface area contributed by atoms with Crippen LogP contribution in [0.4, 0.5) is 13.2 Å². The largest absolute Gasteiger partial charge is 0.416 e. The van der Waals surface area contributed by atoms with Crippen molar-refractivity contribution in [1.29, 1.82) is 0 Å². The zero-order chi connectivity index (χ0) is 20.9. The van der Waals surface area contributed by atoms with Crippen molar-refractivity contribution in [2.24, 2.45) is 0 Å². The molecule has 3 aromatic carbocycles. The number of ketones is 1. The van der Waals surface area contributed by atoms with E-state index in [0.29, 0.717) is 22.5 Å². The average molecular weight is 412 g/mol. The number of alkyl halides is 3. The lowest BCUT2D eigenvalue weighted by Gasteiger charge is -2.14. The molecule has 0 fully saturated rings. The van der Waals surface area contributed by atoms with E-state index in [0.717, 1.165) is 22.6 Å². The Kier molecular flexibility index (Phi) is 6.60. The Morgan fingerprint density at radius 3 is 1.90 bits per heavy atom. The van der Waals surface area contributed by atoms with Gasteiger partial charge in [-0.1, -0.05) is 60.7 Å². The van der Waals surface area contributed by atoms with Crippen LogP contribution in [-0.2, 0) is 6.18 Å². The summed E-state index contributed by atoms with van der Waals surface area (Å²) in [5.41, 5.74) is 1.71. The van der Waals surface area contributed by atoms with Gasteiger partial charge in [0.25, 0.3) is 0 Å². The van der Waals surface area contributed by atoms with Gasteiger partial charge < -0.3 is 0 Å². The summed E-state index contributed by atoms with van der Waals surface area (Å²) < 4.78 is 38.8. The molecule has 29 heavy (non-hydrogen) atoms. The molecule has 1 nitrogen and oxygen atoms in total. The first-order valence-electron chi connectivity index (χ1n) is 9.01. The maximum atomic E-state index is 12.9. The van der Waals surface area contributed by atoms with Crippen molar-refractivity contribution >= 4 is 23.1 Å². The van der Waals surface area contributed by atoms with Crippen LogP contribution in [0, 0.1) is 0 Å². The summed E-state index contributed by atoms with van der Waals surface area (Å²) in [7, 11) is 0. The van der Waals surface area contributed by atoms with Crippen LogP contribution in [0.1, 0.15) is 28.4 Å². The second kappa shape index (κ2) is 9.14. The number of carbonyl (C=O) groups excluding carboxylic acids is 1. The number of thioether (sulfide) groups is 1. The molecular weight excluding hydrogens is 393 g/mol. The van der Waals surface area contributed by atoms with E-state index in [-0.39, 0.29) is 5.78 Å². The summed E-state index contributed by atoms with van der Waals surface area (Å²) in [6.45, 7) is 1.73. The number of allylic oxidation sites excluding steroid dienone is 1. The molecule has 148 valence electrons. The fourth-order valence-electron chi connectivity index (χ4n) is 2.88. The fraction of sp³-hybridized carbons (Fsp3) is 0.125. The molecule has 0 aliphatic rings. The molecule has 0 aliphatic heterocycles. The van der Waals surface area contributed by atoms with Crippen molar-refractivity contribution in [3.05, 3.63) is 107 Å². The Labute approximate surface area is 172 Å². The van der Waals surface area contributed by atoms with E-state index in [2.05, 4.69) is 0 Å². The highest BCUT2D eigenvalue weighted by molar-refractivity contribution is 7.99. The topological polar surface area (TPSA) is 17.1 Å². The summed E-state index contributed by atoms with van der Waals surface area (Å²) in [4.78, 5) is 14.0. The monoisotopic (exact) mass is 412 g/mol. The van der Waals surface area contributed by atoms with Crippen molar-refractivity contribution in [3.63, 3.8) is 0 Å². The predicted octanol–water partition coefficient (Wildman–Crippen LogP) is 7.15. The van der Waals surface area contributed by atoms with Gasteiger partial charge in [-0.2, -0.15) is 13.2 Å². The van der Waals surface area contributed by atoms with Crippen LogP contribution in [0.3, 0.4) is 0 Å². The van der Waals surface area contributed by atoms with Gasteiger partial charge in [-0.05, 0) is 42.3 Å². The first-order chi connectivity index (χ1) is 13.9. The molecule has 0 aromatic heterocycles. The number of halogens is 3. The van der Waals surface area contributed by atoms with Gasteiger partial charge in [0, 0.05) is 21.8 Å². The maximum absolute atomic E-state index is 12.9. The molecule has 0 spiro atoms. The summed E-state index contributed by atoms with van der Waals surface area (Å²) in [5, 5.41) is 0. The lowest BCUT2D eigenvalue weighted by molar-refractivity contribution is -0.137. The molecule has 0 radical (unpaired) electrons. The summed E-state index contributed by atoms with van der Waals surface area (Å²) >= 11 is 1.54. The van der Waals surface area contributed by atoms with Crippen LogP contribution in [0.25, 0.3) is 5.57 Å². The van der Waals surface area contributed by atoms with Crippen molar-refractivity contribution in [3.8, 4) is 0 Å². The third kappa shape index (κ3) is 5.39. The molecule has 0 amide bonds. The number of benzene rings is 3. The molecule has 0 unspecified atom stereocenters. The van der Waals surface area contributed by atoms with Crippen LogP contribution in [0.2, 0.25) is 0 Å². The number of hydrogen-bond acceptors (Lipinski definition) is 2. The molecule has 3 aromatic rings. The summed E-state index contributed by atoms with van der Waals surface area (Å²) in [6, 6.07) is 23.6. The van der Waals surface area contributed by atoms with E-state index >= 15 is 0 Å². The number of Topliss-reactive ketones (excluding diaryl/α,β-unsaturated/α-hetero) is 1. The van der Waals surface area contributed by atoms with Crippen LogP contribution in [0.5, 0.6) is 0 Å². The van der Waals surface area contributed by atoms with E-state index in [9.17, 15) is 18.0 Å². The minimum absolute atomic E-state index is 0.130. The molecule has 0 atom stereocenters. The minimum atomic E-state index is -4.39. The maximum Gasteiger partial charge on any atom is 0.416 e. The fourth-order valence-corrected chi connectivity index (χ4v) is 3.93. The first-order valence-corrected chi connectivity index (χ1v) is 10.00. The van der Waals surface area contributed by atoms with Crippen LogP contribution in [-0.4, -0.2) is 11.5 Å². The lowest BCUT2D eigenvalue weighted by Crippen LogP contribution is -2.07. The molecule has 0 saturated carbocycles. The van der Waals surface area contributed by atoms with Gasteiger partial charge in [-0.15, -0.1) is 11.8 Å². The highest BCUT2D eigenvalue weighted by Crippen LogP contribution is 2.33. The third-order valence-corrected chi connectivity index (χ3v) is 5.55. The molecule has 3 rings (SSSR count). The molecule has 0 bridgehead atoms. The van der Waals surface area contributed by atoms with E-state index in [1.54, 1.807) is 43.0 Å². The molecule has 5 heteroatoms. The SMILES string of the molecule is C/C(C(=O)c1ccccc1)=C(\CSc1ccccc1)c1ccc(C(F)(F)F)cc1. The lowest BCUT2D eigenvalue weighted by atomic mass is 9.95. The molecule has 0 saturated heterocycles. The van der Waals surface area contributed by atoms with Crippen molar-refractivity contribution in [2.75, 3.05) is 5.75 Å². The molecule has 0 heterocycles. The predicted molar refractivity (Wildman–Crippen MR) is 112 cm³/mol. The second-order valence-electron chi connectivity index (χ2n) is 6.48. The van der Waals surface area contributed by atoms with Crippen LogP contribution >= 0.6 is 11.8 Å². The van der Waals surface area contributed by atoms with Crippen LogP contribution < -0.4 is 0 Å². The Balaban J connectivity index is 1.97. The van der Waals surface area contributed by atoms with E-state index < -0.39 is 11.7 Å². The Morgan fingerprint density at radius 2 is 1.34 bits per heavy atom. The number of carbonyl (C=O) groups is 1. The van der Waals surface area contributed by atoms with Crippen molar-refractivity contribution in [2.45, 2.75) is 18.0 Å². The van der Waals surface area contributed by atoms with Crippen molar-refractivity contribution in [1.82, 2.24) is 0 Å². The average Bonchev–Trinajstić information content (AvgIpc) is 2.74. The molecule has 0 N–H and O–H groups in total. The van der Waals surface area contributed by atoms with Gasteiger partial charge in [-0.3, -0.25) is 4.79 Å². The van der Waals surface area contributed by atoms with Gasteiger partial charge in [0.05, 0.1) is 5.56 Å². The Morgan fingerprint density at radius 1 is 0.793 bits per heavy atom. The first kappa shape index (κ1) is 20.9. The summed E-state index contributed by atoms with van der Waals surface area (Å²) in [5.74, 6) is 0.342. The van der Waals surface area contributed by atoms with Gasteiger partial charge >= 0.3 is 6.18 Å². The highest BCUT2D eigenvalue weighted by Gasteiger charge is 2.30. The van der Waals surface area contributed by atoms with E-state index in [1.165, 1.54) is 12.1 Å². The van der Waals surface area contributed by atoms with Gasteiger partial charge in [-0.25, -0.2) is 0 Å². The highest BCUT2D eigenvalue weighted by atomic mass is 32.2.